The summed E-state index contributed by atoms with van der Waals surface area (Å²) in [6, 6.07) is 14.9. The number of nitrogens with one attached hydrogen (secondary N) is 1. The van der Waals surface area contributed by atoms with Gasteiger partial charge in [-0.1, -0.05) is 32.9 Å². The number of carbonyl (C=O) groups excluding carboxylic acids is 2. The summed E-state index contributed by atoms with van der Waals surface area (Å²) in [5.74, 6) is -0.874. The van der Waals surface area contributed by atoms with Gasteiger partial charge < -0.3 is 15.0 Å². The third kappa shape index (κ3) is 5.84. The maximum absolute atomic E-state index is 12.2. The maximum atomic E-state index is 12.2. The van der Waals surface area contributed by atoms with E-state index in [1.165, 1.54) is 5.56 Å². The fourth-order valence-corrected chi connectivity index (χ4v) is 2.86. The number of hydrogen-bond donors (Lipinski definition) is 1. The zero-order valence-electron chi connectivity index (χ0n) is 17.4. The van der Waals surface area contributed by atoms with E-state index in [0.29, 0.717) is 11.3 Å². The van der Waals surface area contributed by atoms with E-state index in [0.717, 1.165) is 18.8 Å². The summed E-state index contributed by atoms with van der Waals surface area (Å²) < 4.78 is 5.13. The van der Waals surface area contributed by atoms with Crippen LogP contribution in [-0.4, -0.2) is 31.6 Å². The van der Waals surface area contributed by atoms with E-state index in [1.807, 2.05) is 36.4 Å². The molecule has 150 valence electrons. The van der Waals surface area contributed by atoms with Gasteiger partial charge in [-0.15, -0.1) is 0 Å². The van der Waals surface area contributed by atoms with Gasteiger partial charge >= 0.3 is 5.97 Å². The molecule has 2 aromatic carbocycles. The Labute approximate surface area is 167 Å². The Morgan fingerprint density at radius 1 is 0.929 bits per heavy atom. The van der Waals surface area contributed by atoms with Crippen molar-refractivity contribution in [2.24, 2.45) is 0 Å². The highest BCUT2D eigenvalue weighted by Gasteiger charge is 2.14. The highest BCUT2D eigenvalue weighted by atomic mass is 16.5. The molecule has 0 aliphatic heterocycles. The molecule has 0 fully saturated rings. The first-order valence-corrected chi connectivity index (χ1v) is 9.67. The molecule has 0 aliphatic carbocycles. The van der Waals surface area contributed by atoms with Crippen molar-refractivity contribution in [3.63, 3.8) is 0 Å². The first kappa shape index (κ1) is 21.5. The smallest absolute Gasteiger partial charge is 0.338 e. The lowest BCUT2D eigenvalue weighted by Gasteiger charge is -2.20. The normalized spacial score (nSPS) is 11.0. The molecule has 5 nitrogen and oxygen atoms in total. The molecule has 1 N–H and O–H groups in total. The van der Waals surface area contributed by atoms with E-state index in [4.69, 9.17) is 4.74 Å². The van der Waals surface area contributed by atoms with Crippen LogP contribution in [0.3, 0.4) is 0 Å². The number of carbonyl (C=O) groups is 2. The summed E-state index contributed by atoms with van der Waals surface area (Å²) in [7, 11) is 0. The second-order valence-electron chi connectivity index (χ2n) is 7.67. The minimum Gasteiger partial charge on any atom is -0.452 e. The van der Waals surface area contributed by atoms with Crippen LogP contribution in [0.15, 0.2) is 48.5 Å². The largest absolute Gasteiger partial charge is 0.452 e. The Balaban J connectivity index is 1.87. The molecule has 0 spiro atoms. The highest BCUT2D eigenvalue weighted by Crippen LogP contribution is 2.23. The molecule has 2 aromatic rings. The van der Waals surface area contributed by atoms with Crippen LogP contribution in [0.5, 0.6) is 0 Å². The molecule has 5 heteroatoms. The molecule has 2 rings (SSSR count). The topological polar surface area (TPSA) is 58.6 Å². The van der Waals surface area contributed by atoms with Gasteiger partial charge in [0.05, 0.1) is 5.56 Å². The number of nitrogens with zero attached hydrogens (tertiary/aromatic N) is 1. The standard InChI is InChI=1S/C23H30N2O3/c1-6-25(7-2)20-14-8-17(9-15-20)22(27)28-16-21(26)24-19-12-10-18(11-13-19)23(3,4)5/h8-15H,6-7,16H2,1-5H3,(H,24,26). The van der Waals surface area contributed by atoms with Crippen LogP contribution in [-0.2, 0) is 14.9 Å². The highest BCUT2D eigenvalue weighted by molar-refractivity contribution is 5.95. The van der Waals surface area contributed by atoms with Gasteiger partial charge in [0.25, 0.3) is 5.91 Å². The first-order valence-electron chi connectivity index (χ1n) is 9.67. The molecule has 0 saturated heterocycles. The fraction of sp³-hybridized carbons (Fsp3) is 0.391. The minimum absolute atomic E-state index is 0.0545. The van der Waals surface area contributed by atoms with E-state index in [2.05, 4.69) is 44.8 Å². The van der Waals surface area contributed by atoms with E-state index >= 15 is 0 Å². The molecule has 1 amide bonds. The first-order chi connectivity index (χ1) is 13.2. The summed E-state index contributed by atoms with van der Waals surface area (Å²) in [6.45, 7) is 12.0. The number of rotatable bonds is 7. The fourth-order valence-electron chi connectivity index (χ4n) is 2.86. The predicted octanol–water partition coefficient (Wildman–Crippen LogP) is 4.63. The zero-order chi connectivity index (χ0) is 20.7. The molecule has 0 aliphatic rings. The Morgan fingerprint density at radius 2 is 1.50 bits per heavy atom. The predicted molar refractivity (Wildman–Crippen MR) is 114 cm³/mol. The average Bonchev–Trinajstić information content (AvgIpc) is 2.67. The lowest BCUT2D eigenvalue weighted by molar-refractivity contribution is -0.119. The van der Waals surface area contributed by atoms with Gasteiger partial charge in [0, 0.05) is 24.5 Å². The van der Waals surface area contributed by atoms with Crippen LogP contribution in [0.2, 0.25) is 0 Å². The van der Waals surface area contributed by atoms with E-state index in [1.54, 1.807) is 12.1 Å². The number of amides is 1. The van der Waals surface area contributed by atoms with Crippen LogP contribution in [0.25, 0.3) is 0 Å². The van der Waals surface area contributed by atoms with E-state index < -0.39 is 5.97 Å². The molecule has 0 aromatic heterocycles. The molecular weight excluding hydrogens is 352 g/mol. The van der Waals surface area contributed by atoms with Gasteiger partial charge in [-0.3, -0.25) is 4.79 Å². The summed E-state index contributed by atoms with van der Waals surface area (Å²) in [5.41, 5.74) is 3.40. The van der Waals surface area contributed by atoms with Crippen molar-refractivity contribution in [1.29, 1.82) is 0 Å². The number of hydrogen-bond acceptors (Lipinski definition) is 4. The Bertz CT molecular complexity index is 786. The van der Waals surface area contributed by atoms with Crippen LogP contribution in [0.4, 0.5) is 11.4 Å². The molecule has 0 bridgehead atoms. The minimum atomic E-state index is -0.510. The van der Waals surface area contributed by atoms with Gasteiger partial charge in [-0.2, -0.15) is 0 Å². The number of anilines is 2. The second kappa shape index (κ2) is 9.40. The number of ether oxygens (including phenoxy) is 1. The monoisotopic (exact) mass is 382 g/mol. The molecule has 0 atom stereocenters. The van der Waals surface area contributed by atoms with Crippen molar-refractivity contribution in [3.8, 4) is 0 Å². The quantitative estimate of drug-likeness (QED) is 0.710. The lowest BCUT2D eigenvalue weighted by atomic mass is 9.87. The van der Waals surface area contributed by atoms with Gasteiger partial charge in [0.2, 0.25) is 0 Å². The average molecular weight is 383 g/mol. The van der Waals surface area contributed by atoms with Crippen molar-refractivity contribution in [3.05, 3.63) is 59.7 Å². The van der Waals surface area contributed by atoms with E-state index in [9.17, 15) is 9.59 Å². The van der Waals surface area contributed by atoms with Gasteiger partial charge in [0.15, 0.2) is 6.61 Å². The second-order valence-corrected chi connectivity index (χ2v) is 7.67. The van der Waals surface area contributed by atoms with Crippen molar-refractivity contribution < 1.29 is 14.3 Å². The molecule has 0 saturated carbocycles. The maximum Gasteiger partial charge on any atom is 0.338 e. The van der Waals surface area contributed by atoms with Crippen LogP contribution < -0.4 is 10.2 Å². The van der Waals surface area contributed by atoms with Crippen molar-refractivity contribution >= 4 is 23.3 Å². The summed E-state index contributed by atoms with van der Waals surface area (Å²) in [6.07, 6.45) is 0. The van der Waals surface area contributed by atoms with Gasteiger partial charge in [-0.25, -0.2) is 4.79 Å². The Hall–Kier alpha value is -2.82. The molecule has 28 heavy (non-hydrogen) atoms. The van der Waals surface area contributed by atoms with Crippen molar-refractivity contribution in [1.82, 2.24) is 0 Å². The summed E-state index contributed by atoms with van der Waals surface area (Å²) in [5, 5.41) is 2.74. The lowest BCUT2D eigenvalue weighted by Crippen LogP contribution is -2.22. The molecular formula is C23H30N2O3. The van der Waals surface area contributed by atoms with Crippen LogP contribution in [0, 0.1) is 0 Å². The third-order valence-electron chi connectivity index (χ3n) is 4.60. The zero-order valence-corrected chi connectivity index (χ0v) is 17.4. The van der Waals surface area contributed by atoms with Crippen molar-refractivity contribution in [2.45, 2.75) is 40.0 Å². The van der Waals surface area contributed by atoms with Gasteiger partial charge in [0.1, 0.15) is 0 Å². The Morgan fingerprint density at radius 3 is 2.00 bits per heavy atom. The Kier molecular flexibility index (Phi) is 7.21. The van der Waals surface area contributed by atoms with Crippen LogP contribution in [0.1, 0.15) is 50.5 Å². The SMILES string of the molecule is CCN(CC)c1ccc(C(=O)OCC(=O)Nc2ccc(C(C)(C)C)cc2)cc1. The molecule has 0 unspecified atom stereocenters. The number of benzene rings is 2. The number of esters is 1. The van der Waals surface area contributed by atoms with Crippen molar-refractivity contribution in [2.75, 3.05) is 29.9 Å². The summed E-state index contributed by atoms with van der Waals surface area (Å²) >= 11 is 0. The molecule has 0 heterocycles. The summed E-state index contributed by atoms with van der Waals surface area (Å²) in [4.78, 5) is 26.4. The van der Waals surface area contributed by atoms with E-state index in [-0.39, 0.29) is 17.9 Å². The third-order valence-corrected chi connectivity index (χ3v) is 4.60. The van der Waals surface area contributed by atoms with Crippen LogP contribution >= 0.6 is 0 Å². The molecule has 0 radical (unpaired) electrons. The van der Waals surface area contributed by atoms with Gasteiger partial charge in [-0.05, 0) is 61.2 Å².